The van der Waals surface area contributed by atoms with Crippen LogP contribution >= 0.6 is 15.9 Å². The summed E-state index contributed by atoms with van der Waals surface area (Å²) in [7, 11) is 0. The lowest BCUT2D eigenvalue weighted by atomic mass is 9.86. The zero-order valence-electron chi connectivity index (χ0n) is 6.09. The molecule has 0 amide bonds. The van der Waals surface area contributed by atoms with Gasteiger partial charge in [-0.15, -0.1) is 0 Å². The highest BCUT2D eigenvalue weighted by Crippen LogP contribution is 2.42. The Kier molecular flexibility index (Phi) is 1.86. The first-order chi connectivity index (χ1) is 4.86. The molecule has 2 atom stereocenters. The van der Waals surface area contributed by atoms with Crippen molar-refractivity contribution in [3.05, 3.63) is 12.2 Å². The van der Waals surface area contributed by atoms with E-state index in [0.717, 1.165) is 16.7 Å². The fourth-order valence-electron chi connectivity index (χ4n) is 2.26. The van der Waals surface area contributed by atoms with Crippen LogP contribution in [0.4, 0.5) is 0 Å². The van der Waals surface area contributed by atoms with E-state index in [4.69, 9.17) is 0 Å². The average molecular weight is 201 g/mol. The molecule has 1 saturated carbocycles. The third-order valence-corrected chi connectivity index (χ3v) is 3.58. The van der Waals surface area contributed by atoms with Crippen LogP contribution in [0, 0.1) is 11.8 Å². The Morgan fingerprint density at radius 2 is 1.50 bits per heavy atom. The fourth-order valence-corrected chi connectivity index (χ4v) is 3.22. The monoisotopic (exact) mass is 200 g/mol. The minimum Gasteiger partial charge on any atom is -0.0890 e. The third-order valence-electron chi connectivity index (χ3n) is 2.83. The van der Waals surface area contributed by atoms with Crippen LogP contribution in [0.3, 0.4) is 0 Å². The Morgan fingerprint density at radius 1 is 1.00 bits per heavy atom. The van der Waals surface area contributed by atoms with Crippen molar-refractivity contribution in [1.82, 2.24) is 0 Å². The molecule has 0 radical (unpaired) electrons. The van der Waals surface area contributed by atoms with Crippen molar-refractivity contribution in [2.75, 3.05) is 0 Å². The van der Waals surface area contributed by atoms with Gasteiger partial charge in [-0.05, 0) is 37.5 Å². The smallest absolute Gasteiger partial charge is 0.0151 e. The van der Waals surface area contributed by atoms with Gasteiger partial charge >= 0.3 is 0 Å². The Bertz CT molecular complexity index is 135. The van der Waals surface area contributed by atoms with Crippen LogP contribution in [-0.2, 0) is 0 Å². The number of halogens is 1. The molecule has 0 nitrogen and oxygen atoms in total. The molecule has 0 aromatic heterocycles. The Balaban J connectivity index is 2.05. The molecule has 0 aliphatic heterocycles. The Hall–Kier alpha value is 0.220. The minimum atomic E-state index is 0.822. The lowest BCUT2D eigenvalue weighted by Gasteiger charge is -2.19. The van der Waals surface area contributed by atoms with Gasteiger partial charge in [0, 0.05) is 4.83 Å². The molecule has 0 saturated heterocycles. The molecular formula is C9H13Br. The first-order valence-corrected chi connectivity index (χ1v) is 5.07. The van der Waals surface area contributed by atoms with Gasteiger partial charge in [-0.3, -0.25) is 0 Å². The number of hydrogen-bond acceptors (Lipinski definition) is 0. The summed E-state index contributed by atoms with van der Waals surface area (Å²) in [6.45, 7) is 0. The zero-order valence-corrected chi connectivity index (χ0v) is 7.68. The van der Waals surface area contributed by atoms with Crippen molar-refractivity contribution in [3.63, 3.8) is 0 Å². The molecule has 10 heavy (non-hydrogen) atoms. The van der Waals surface area contributed by atoms with E-state index in [2.05, 4.69) is 28.1 Å². The number of hydrogen-bond donors (Lipinski definition) is 0. The predicted octanol–water partition coefficient (Wildman–Crippen LogP) is 3.13. The van der Waals surface area contributed by atoms with Crippen LogP contribution in [-0.4, -0.2) is 4.83 Å². The average Bonchev–Trinajstić information content (AvgIpc) is 2.27. The van der Waals surface area contributed by atoms with E-state index in [9.17, 15) is 0 Å². The molecule has 0 bridgehead atoms. The number of fused-ring (bicyclic) bond motifs is 1. The molecule has 0 N–H and O–H groups in total. The highest BCUT2D eigenvalue weighted by atomic mass is 79.9. The predicted molar refractivity (Wildman–Crippen MR) is 47.3 cm³/mol. The van der Waals surface area contributed by atoms with Crippen LogP contribution in [0.1, 0.15) is 25.7 Å². The summed E-state index contributed by atoms with van der Waals surface area (Å²) in [5.41, 5.74) is 0. The molecule has 2 aliphatic carbocycles. The van der Waals surface area contributed by atoms with Crippen LogP contribution in [0.25, 0.3) is 0 Å². The molecule has 0 spiro atoms. The van der Waals surface area contributed by atoms with Crippen molar-refractivity contribution in [3.8, 4) is 0 Å². The molecule has 2 aliphatic rings. The summed E-state index contributed by atoms with van der Waals surface area (Å²) >= 11 is 3.70. The number of rotatable bonds is 0. The van der Waals surface area contributed by atoms with Gasteiger partial charge in [0.2, 0.25) is 0 Å². The summed E-state index contributed by atoms with van der Waals surface area (Å²) in [6, 6.07) is 0. The molecule has 1 fully saturated rings. The van der Waals surface area contributed by atoms with Gasteiger partial charge < -0.3 is 0 Å². The first kappa shape index (κ1) is 6.90. The topological polar surface area (TPSA) is 0 Å². The van der Waals surface area contributed by atoms with Crippen LogP contribution in [0.5, 0.6) is 0 Å². The molecule has 0 heterocycles. The van der Waals surface area contributed by atoms with Gasteiger partial charge in [0.25, 0.3) is 0 Å². The maximum Gasteiger partial charge on any atom is 0.0151 e. The van der Waals surface area contributed by atoms with E-state index in [1.807, 2.05) is 0 Å². The second kappa shape index (κ2) is 2.69. The summed E-state index contributed by atoms with van der Waals surface area (Å²) in [5, 5.41) is 0. The van der Waals surface area contributed by atoms with Gasteiger partial charge in [0.05, 0.1) is 0 Å². The normalized spacial score (nSPS) is 45.5. The maximum absolute atomic E-state index is 3.70. The summed E-state index contributed by atoms with van der Waals surface area (Å²) in [4.78, 5) is 0.822. The van der Waals surface area contributed by atoms with E-state index < -0.39 is 0 Å². The lowest BCUT2D eigenvalue weighted by molar-refractivity contribution is 0.380. The van der Waals surface area contributed by atoms with Gasteiger partial charge in [-0.25, -0.2) is 0 Å². The molecular weight excluding hydrogens is 188 g/mol. The largest absolute Gasteiger partial charge is 0.0890 e. The van der Waals surface area contributed by atoms with Gasteiger partial charge in [-0.2, -0.15) is 0 Å². The second-order valence-electron chi connectivity index (χ2n) is 3.53. The molecule has 1 heteroatoms. The van der Waals surface area contributed by atoms with Crippen LogP contribution in [0.2, 0.25) is 0 Å². The standard InChI is InChI=1S/C9H13Br/c10-9-5-7-3-1-2-4-8(7)6-9/h1-2,7-9H,3-6H2. The Morgan fingerprint density at radius 3 is 2.00 bits per heavy atom. The quantitative estimate of drug-likeness (QED) is 0.417. The van der Waals surface area contributed by atoms with Crippen molar-refractivity contribution < 1.29 is 0 Å². The van der Waals surface area contributed by atoms with Crippen molar-refractivity contribution in [2.24, 2.45) is 11.8 Å². The van der Waals surface area contributed by atoms with Crippen molar-refractivity contribution >= 4 is 15.9 Å². The highest BCUT2D eigenvalue weighted by molar-refractivity contribution is 9.09. The van der Waals surface area contributed by atoms with Crippen molar-refractivity contribution in [2.45, 2.75) is 30.5 Å². The summed E-state index contributed by atoms with van der Waals surface area (Å²) in [6.07, 6.45) is 10.2. The van der Waals surface area contributed by atoms with E-state index in [1.165, 1.54) is 25.7 Å². The molecule has 0 aromatic rings. The zero-order chi connectivity index (χ0) is 6.97. The van der Waals surface area contributed by atoms with E-state index in [-0.39, 0.29) is 0 Å². The van der Waals surface area contributed by atoms with E-state index in [1.54, 1.807) is 0 Å². The van der Waals surface area contributed by atoms with Gasteiger partial charge in [0.1, 0.15) is 0 Å². The fraction of sp³-hybridized carbons (Fsp3) is 0.778. The second-order valence-corrected chi connectivity index (χ2v) is 4.83. The molecule has 2 unspecified atom stereocenters. The maximum atomic E-state index is 3.70. The summed E-state index contributed by atoms with van der Waals surface area (Å²) < 4.78 is 0. The Labute approximate surface area is 70.8 Å². The number of allylic oxidation sites excluding steroid dienone is 2. The summed E-state index contributed by atoms with van der Waals surface area (Å²) in [5.74, 6) is 2.02. The van der Waals surface area contributed by atoms with Crippen molar-refractivity contribution in [1.29, 1.82) is 0 Å². The minimum absolute atomic E-state index is 0.822. The van der Waals surface area contributed by atoms with E-state index in [0.29, 0.717) is 0 Å². The SMILES string of the molecule is BrC1CC2CC=CCC2C1. The van der Waals surface area contributed by atoms with Crippen LogP contribution in [0.15, 0.2) is 12.2 Å². The molecule has 56 valence electrons. The molecule has 2 rings (SSSR count). The lowest BCUT2D eigenvalue weighted by Crippen LogP contribution is -2.08. The third kappa shape index (κ3) is 1.16. The number of alkyl halides is 1. The van der Waals surface area contributed by atoms with Gasteiger partial charge in [-0.1, -0.05) is 28.1 Å². The highest BCUT2D eigenvalue weighted by Gasteiger charge is 2.32. The first-order valence-electron chi connectivity index (χ1n) is 4.15. The van der Waals surface area contributed by atoms with Crippen LogP contribution < -0.4 is 0 Å². The van der Waals surface area contributed by atoms with Gasteiger partial charge in [0.15, 0.2) is 0 Å². The van der Waals surface area contributed by atoms with E-state index >= 15 is 0 Å². The molecule has 0 aromatic carbocycles.